The van der Waals surface area contributed by atoms with Gasteiger partial charge in [0.25, 0.3) is 5.56 Å². The fraction of sp³-hybridized carbons (Fsp3) is 0.636. The molecule has 0 saturated heterocycles. The molecule has 0 aromatic carbocycles. The highest BCUT2D eigenvalue weighted by atomic mass is 16.3. The van der Waals surface area contributed by atoms with Gasteiger partial charge in [-0.1, -0.05) is 0 Å². The highest BCUT2D eigenvalue weighted by Gasteiger charge is 2.23. The number of hydrogen-bond acceptors (Lipinski definition) is 3. The third kappa shape index (κ3) is 2.45. The van der Waals surface area contributed by atoms with Crippen LogP contribution in [-0.2, 0) is 12.8 Å². The molecule has 1 heterocycles. The van der Waals surface area contributed by atoms with Crippen LogP contribution in [0.1, 0.15) is 29.9 Å². The number of nitrogens with one attached hydrogen (secondary N) is 1. The Bertz CT molecular complexity index is 408. The summed E-state index contributed by atoms with van der Waals surface area (Å²) in [6, 6.07) is 0. The van der Waals surface area contributed by atoms with Crippen molar-refractivity contribution in [2.75, 3.05) is 6.61 Å². The topological polar surface area (TPSA) is 66.0 Å². The van der Waals surface area contributed by atoms with Gasteiger partial charge in [0.15, 0.2) is 0 Å². The van der Waals surface area contributed by atoms with Crippen LogP contribution in [0.15, 0.2) is 4.79 Å². The number of hydrogen-bond donors (Lipinski definition) is 2. The fourth-order valence-corrected chi connectivity index (χ4v) is 1.77. The van der Waals surface area contributed by atoms with Crippen molar-refractivity contribution in [2.45, 2.75) is 32.6 Å². The molecule has 82 valence electrons. The Morgan fingerprint density at radius 2 is 2.27 bits per heavy atom. The minimum absolute atomic E-state index is 0.00638. The van der Waals surface area contributed by atoms with E-state index in [-0.39, 0.29) is 12.2 Å². The van der Waals surface area contributed by atoms with Gasteiger partial charge in [0, 0.05) is 30.7 Å². The summed E-state index contributed by atoms with van der Waals surface area (Å²) >= 11 is 0. The SMILES string of the molecule is Cc1nc(CC2CC2)[nH]c(=O)c1CCO. The van der Waals surface area contributed by atoms with Crippen molar-refractivity contribution in [2.24, 2.45) is 5.92 Å². The Balaban J connectivity index is 2.24. The lowest BCUT2D eigenvalue weighted by molar-refractivity contribution is 0.298. The second kappa shape index (κ2) is 4.14. The first-order chi connectivity index (χ1) is 7.20. The molecule has 1 aliphatic rings. The zero-order valence-corrected chi connectivity index (χ0v) is 8.92. The Morgan fingerprint density at radius 1 is 1.53 bits per heavy atom. The van der Waals surface area contributed by atoms with E-state index in [2.05, 4.69) is 9.97 Å². The van der Waals surface area contributed by atoms with Crippen LogP contribution in [0.2, 0.25) is 0 Å². The van der Waals surface area contributed by atoms with Crippen LogP contribution in [0.3, 0.4) is 0 Å². The summed E-state index contributed by atoms with van der Waals surface area (Å²) in [7, 11) is 0. The monoisotopic (exact) mass is 208 g/mol. The number of aryl methyl sites for hydroxylation is 1. The van der Waals surface area contributed by atoms with E-state index in [0.717, 1.165) is 23.9 Å². The maximum absolute atomic E-state index is 11.6. The van der Waals surface area contributed by atoms with Crippen LogP contribution in [-0.4, -0.2) is 21.7 Å². The molecule has 4 nitrogen and oxygen atoms in total. The van der Waals surface area contributed by atoms with Gasteiger partial charge in [-0.3, -0.25) is 4.79 Å². The van der Waals surface area contributed by atoms with Crippen LogP contribution >= 0.6 is 0 Å². The average molecular weight is 208 g/mol. The molecule has 2 N–H and O–H groups in total. The van der Waals surface area contributed by atoms with Crippen LogP contribution in [0.25, 0.3) is 0 Å². The van der Waals surface area contributed by atoms with Crippen LogP contribution in [0.4, 0.5) is 0 Å². The lowest BCUT2D eigenvalue weighted by Crippen LogP contribution is -2.20. The predicted molar refractivity (Wildman–Crippen MR) is 56.8 cm³/mol. The van der Waals surface area contributed by atoms with E-state index >= 15 is 0 Å². The van der Waals surface area contributed by atoms with Crippen molar-refractivity contribution in [3.05, 3.63) is 27.4 Å². The molecular weight excluding hydrogens is 192 g/mol. The summed E-state index contributed by atoms with van der Waals surface area (Å²) in [5, 5.41) is 8.81. The summed E-state index contributed by atoms with van der Waals surface area (Å²) in [4.78, 5) is 18.8. The van der Waals surface area contributed by atoms with Gasteiger partial charge in [-0.05, 0) is 25.7 Å². The number of aromatic nitrogens is 2. The molecule has 0 bridgehead atoms. The molecule has 0 atom stereocenters. The molecule has 0 unspecified atom stereocenters. The van der Waals surface area contributed by atoms with Crippen molar-refractivity contribution in [3.8, 4) is 0 Å². The molecule has 1 saturated carbocycles. The number of H-pyrrole nitrogens is 1. The minimum atomic E-state index is -0.0906. The molecule has 0 aliphatic heterocycles. The van der Waals surface area contributed by atoms with E-state index < -0.39 is 0 Å². The van der Waals surface area contributed by atoms with Gasteiger partial charge >= 0.3 is 0 Å². The smallest absolute Gasteiger partial charge is 0.254 e. The third-order valence-electron chi connectivity index (χ3n) is 2.81. The number of aliphatic hydroxyl groups excluding tert-OH is 1. The molecular formula is C11H16N2O2. The predicted octanol–water partition coefficient (Wildman–Crippen LogP) is 0.566. The van der Waals surface area contributed by atoms with Gasteiger partial charge < -0.3 is 10.1 Å². The summed E-state index contributed by atoms with van der Waals surface area (Å²) in [5.74, 6) is 1.51. The van der Waals surface area contributed by atoms with Gasteiger partial charge in [-0.25, -0.2) is 4.98 Å². The Labute approximate surface area is 88.4 Å². The molecule has 0 amide bonds. The van der Waals surface area contributed by atoms with Gasteiger partial charge in [-0.2, -0.15) is 0 Å². The second-order valence-corrected chi connectivity index (χ2v) is 4.20. The van der Waals surface area contributed by atoms with Gasteiger partial charge in [0.05, 0.1) is 0 Å². The summed E-state index contributed by atoms with van der Waals surface area (Å²) in [5.41, 5.74) is 1.27. The molecule has 1 aliphatic carbocycles. The average Bonchev–Trinajstić information content (AvgIpc) is 2.95. The number of aliphatic hydroxyl groups is 1. The molecule has 15 heavy (non-hydrogen) atoms. The van der Waals surface area contributed by atoms with Gasteiger partial charge in [0.1, 0.15) is 5.82 Å². The zero-order valence-electron chi connectivity index (χ0n) is 8.92. The molecule has 0 spiro atoms. The second-order valence-electron chi connectivity index (χ2n) is 4.20. The first kappa shape index (κ1) is 10.4. The van der Waals surface area contributed by atoms with Crippen LogP contribution in [0.5, 0.6) is 0 Å². The first-order valence-corrected chi connectivity index (χ1v) is 5.40. The number of nitrogens with zero attached hydrogens (tertiary/aromatic N) is 1. The summed E-state index contributed by atoms with van der Waals surface area (Å²) in [6.45, 7) is 1.82. The number of aromatic amines is 1. The van der Waals surface area contributed by atoms with Crippen molar-refractivity contribution < 1.29 is 5.11 Å². The first-order valence-electron chi connectivity index (χ1n) is 5.40. The molecule has 1 aromatic rings. The van der Waals surface area contributed by atoms with E-state index in [4.69, 9.17) is 5.11 Å². The highest BCUT2D eigenvalue weighted by molar-refractivity contribution is 5.17. The van der Waals surface area contributed by atoms with Crippen LogP contribution in [0, 0.1) is 12.8 Å². The number of rotatable bonds is 4. The van der Waals surface area contributed by atoms with E-state index in [1.165, 1.54) is 12.8 Å². The molecule has 0 radical (unpaired) electrons. The van der Waals surface area contributed by atoms with Crippen molar-refractivity contribution >= 4 is 0 Å². The standard InChI is InChI=1S/C11H16N2O2/c1-7-9(4-5-14)11(15)13-10(12-7)6-8-2-3-8/h8,14H,2-6H2,1H3,(H,12,13,15). The largest absolute Gasteiger partial charge is 0.396 e. The lowest BCUT2D eigenvalue weighted by Gasteiger charge is -2.05. The van der Waals surface area contributed by atoms with Crippen molar-refractivity contribution in [3.63, 3.8) is 0 Å². The molecule has 4 heteroatoms. The normalized spacial score (nSPS) is 15.6. The maximum atomic E-state index is 11.6. The summed E-state index contributed by atoms with van der Waals surface area (Å²) < 4.78 is 0. The summed E-state index contributed by atoms with van der Waals surface area (Å²) in [6.07, 6.45) is 3.77. The maximum Gasteiger partial charge on any atom is 0.254 e. The van der Waals surface area contributed by atoms with E-state index in [0.29, 0.717) is 12.0 Å². The minimum Gasteiger partial charge on any atom is -0.396 e. The van der Waals surface area contributed by atoms with E-state index in [1.54, 1.807) is 0 Å². The van der Waals surface area contributed by atoms with Gasteiger partial charge in [0.2, 0.25) is 0 Å². The van der Waals surface area contributed by atoms with Crippen LogP contribution < -0.4 is 5.56 Å². The van der Waals surface area contributed by atoms with Gasteiger partial charge in [-0.15, -0.1) is 0 Å². The fourth-order valence-electron chi connectivity index (χ4n) is 1.77. The highest BCUT2D eigenvalue weighted by Crippen LogP contribution is 2.31. The Kier molecular flexibility index (Phi) is 2.86. The molecule has 1 aromatic heterocycles. The quantitative estimate of drug-likeness (QED) is 0.760. The zero-order chi connectivity index (χ0) is 10.8. The molecule has 2 rings (SSSR count). The lowest BCUT2D eigenvalue weighted by atomic mass is 10.1. The Hall–Kier alpha value is -1.16. The molecule has 1 fully saturated rings. The van der Waals surface area contributed by atoms with Crippen molar-refractivity contribution in [1.82, 2.24) is 9.97 Å². The third-order valence-corrected chi connectivity index (χ3v) is 2.81. The van der Waals surface area contributed by atoms with E-state index in [9.17, 15) is 4.79 Å². The van der Waals surface area contributed by atoms with Crippen molar-refractivity contribution in [1.29, 1.82) is 0 Å². The Morgan fingerprint density at radius 3 is 2.80 bits per heavy atom. The van der Waals surface area contributed by atoms with E-state index in [1.807, 2.05) is 6.92 Å².